The van der Waals surface area contributed by atoms with Gasteiger partial charge in [-0.15, -0.1) is 0 Å². The van der Waals surface area contributed by atoms with Gasteiger partial charge in [0.15, 0.2) is 0 Å². The molecule has 2 amide bonds. The first-order valence-electron chi connectivity index (χ1n) is 9.42. The third kappa shape index (κ3) is 4.68. The van der Waals surface area contributed by atoms with Crippen molar-refractivity contribution in [2.45, 2.75) is 51.5 Å². The van der Waals surface area contributed by atoms with Gasteiger partial charge in [-0.05, 0) is 36.6 Å². The van der Waals surface area contributed by atoms with Crippen LogP contribution in [0.5, 0.6) is 0 Å². The number of anilines is 1. The summed E-state index contributed by atoms with van der Waals surface area (Å²) in [5.74, 6) is -0.265. The predicted octanol–water partition coefficient (Wildman–Crippen LogP) is 2.30. The molecule has 1 aromatic carbocycles. The highest BCUT2D eigenvalue weighted by molar-refractivity contribution is 7.89. The molecular formula is C19H29N3O4S. The summed E-state index contributed by atoms with van der Waals surface area (Å²) < 4.78 is 26.4. The molecule has 1 aromatic rings. The molecule has 0 radical (unpaired) electrons. The number of carbonyl (C=O) groups is 2. The Labute approximate surface area is 161 Å². The first kappa shape index (κ1) is 21.4. The summed E-state index contributed by atoms with van der Waals surface area (Å²) >= 11 is 0. The van der Waals surface area contributed by atoms with E-state index in [1.807, 2.05) is 13.8 Å². The maximum absolute atomic E-state index is 12.7. The molecule has 1 fully saturated rings. The van der Waals surface area contributed by atoms with E-state index in [1.54, 1.807) is 30.9 Å². The highest BCUT2D eigenvalue weighted by Gasteiger charge is 2.35. The van der Waals surface area contributed by atoms with E-state index in [2.05, 4.69) is 5.32 Å². The van der Waals surface area contributed by atoms with Gasteiger partial charge in [-0.3, -0.25) is 9.59 Å². The van der Waals surface area contributed by atoms with Crippen LogP contribution in [0.2, 0.25) is 0 Å². The number of amides is 2. The average molecular weight is 396 g/mol. The summed E-state index contributed by atoms with van der Waals surface area (Å²) in [6.07, 6.45) is 1.25. The molecule has 1 aliphatic heterocycles. The molecule has 0 bridgehead atoms. The lowest BCUT2D eigenvalue weighted by Gasteiger charge is -2.29. The van der Waals surface area contributed by atoms with Gasteiger partial charge < -0.3 is 10.2 Å². The van der Waals surface area contributed by atoms with Crippen molar-refractivity contribution < 1.29 is 18.0 Å². The molecule has 1 N–H and O–H groups in total. The van der Waals surface area contributed by atoms with Crippen LogP contribution in [0.15, 0.2) is 29.2 Å². The van der Waals surface area contributed by atoms with Crippen LogP contribution < -0.4 is 5.32 Å². The Morgan fingerprint density at radius 3 is 2.22 bits per heavy atom. The lowest BCUT2D eigenvalue weighted by molar-refractivity contribution is -0.136. The molecule has 1 saturated heterocycles. The minimum absolute atomic E-state index is 0.00418. The molecule has 2 rings (SSSR count). The lowest BCUT2D eigenvalue weighted by atomic mass is 10.0. The van der Waals surface area contributed by atoms with E-state index in [0.29, 0.717) is 31.7 Å². The minimum Gasteiger partial charge on any atom is -0.330 e. The van der Waals surface area contributed by atoms with E-state index in [4.69, 9.17) is 0 Å². The van der Waals surface area contributed by atoms with Gasteiger partial charge in [-0.25, -0.2) is 8.42 Å². The van der Waals surface area contributed by atoms with E-state index in [9.17, 15) is 18.0 Å². The number of likely N-dealkylation sites (tertiary alicyclic amines) is 1. The van der Waals surface area contributed by atoms with E-state index < -0.39 is 16.1 Å². The van der Waals surface area contributed by atoms with E-state index in [1.165, 1.54) is 16.4 Å². The van der Waals surface area contributed by atoms with Crippen LogP contribution in [0.3, 0.4) is 0 Å². The molecule has 1 aliphatic rings. The number of benzene rings is 1. The summed E-state index contributed by atoms with van der Waals surface area (Å²) in [7, 11) is -3.53. The Hall–Kier alpha value is -1.93. The summed E-state index contributed by atoms with van der Waals surface area (Å²) in [4.78, 5) is 26.6. The smallest absolute Gasteiger partial charge is 0.247 e. The number of hydrogen-bond acceptors (Lipinski definition) is 4. The second-order valence-corrected chi connectivity index (χ2v) is 8.92. The second kappa shape index (κ2) is 8.84. The molecule has 1 atom stereocenters. The standard InChI is InChI=1S/C19H29N3O4S/c1-5-21(6-2)27(25,26)16-11-9-15(10-12-16)20-19(24)18(14(3)4)22-13-7-8-17(22)23/h9-12,14,18H,5-8,13H2,1-4H3,(H,20,24). The zero-order chi connectivity index (χ0) is 20.2. The molecule has 150 valence electrons. The van der Waals surface area contributed by atoms with Crippen molar-refractivity contribution in [3.63, 3.8) is 0 Å². The molecule has 0 aromatic heterocycles. The van der Waals surface area contributed by atoms with Crippen molar-refractivity contribution >= 4 is 27.5 Å². The van der Waals surface area contributed by atoms with Crippen molar-refractivity contribution in [1.82, 2.24) is 9.21 Å². The quantitative estimate of drug-likeness (QED) is 0.732. The maximum Gasteiger partial charge on any atom is 0.247 e. The molecule has 0 spiro atoms. The van der Waals surface area contributed by atoms with Crippen molar-refractivity contribution in [1.29, 1.82) is 0 Å². The third-order valence-corrected chi connectivity index (χ3v) is 6.88. The van der Waals surface area contributed by atoms with Crippen LogP contribution in [-0.4, -0.2) is 55.1 Å². The first-order chi connectivity index (χ1) is 12.7. The Morgan fingerprint density at radius 1 is 1.19 bits per heavy atom. The van der Waals surface area contributed by atoms with Crippen LogP contribution in [-0.2, 0) is 19.6 Å². The fraction of sp³-hybridized carbons (Fsp3) is 0.579. The number of hydrogen-bond donors (Lipinski definition) is 1. The molecule has 0 saturated carbocycles. The highest BCUT2D eigenvalue weighted by atomic mass is 32.2. The SMILES string of the molecule is CCN(CC)S(=O)(=O)c1ccc(NC(=O)C(C(C)C)N2CCCC2=O)cc1. The van der Waals surface area contributed by atoms with Gasteiger partial charge in [0.1, 0.15) is 6.04 Å². The lowest BCUT2D eigenvalue weighted by Crippen LogP contribution is -2.47. The summed E-state index contributed by atoms with van der Waals surface area (Å²) in [5, 5.41) is 2.82. The maximum atomic E-state index is 12.7. The van der Waals surface area contributed by atoms with Gasteiger partial charge in [-0.1, -0.05) is 27.7 Å². The number of nitrogens with zero attached hydrogens (tertiary/aromatic N) is 2. The van der Waals surface area contributed by atoms with Gasteiger partial charge in [0.25, 0.3) is 0 Å². The van der Waals surface area contributed by atoms with Crippen LogP contribution in [0.4, 0.5) is 5.69 Å². The van der Waals surface area contributed by atoms with E-state index >= 15 is 0 Å². The monoisotopic (exact) mass is 395 g/mol. The highest BCUT2D eigenvalue weighted by Crippen LogP contribution is 2.22. The zero-order valence-corrected chi connectivity index (χ0v) is 17.3. The molecule has 0 aliphatic carbocycles. The third-order valence-electron chi connectivity index (χ3n) is 4.81. The molecule has 1 heterocycles. The summed E-state index contributed by atoms with van der Waals surface area (Å²) in [6, 6.07) is 5.62. The van der Waals surface area contributed by atoms with E-state index in [0.717, 1.165) is 6.42 Å². The average Bonchev–Trinajstić information content (AvgIpc) is 3.01. The largest absolute Gasteiger partial charge is 0.330 e. The van der Waals surface area contributed by atoms with Gasteiger partial charge >= 0.3 is 0 Å². The van der Waals surface area contributed by atoms with Crippen LogP contribution in [0.1, 0.15) is 40.5 Å². The Morgan fingerprint density at radius 2 is 1.78 bits per heavy atom. The number of rotatable bonds is 8. The first-order valence-corrected chi connectivity index (χ1v) is 10.9. The van der Waals surface area contributed by atoms with E-state index in [-0.39, 0.29) is 22.6 Å². The van der Waals surface area contributed by atoms with Crippen molar-refractivity contribution in [2.75, 3.05) is 25.0 Å². The number of nitrogens with one attached hydrogen (secondary N) is 1. The molecule has 27 heavy (non-hydrogen) atoms. The van der Waals surface area contributed by atoms with Gasteiger partial charge in [0.05, 0.1) is 4.90 Å². The fourth-order valence-corrected chi connectivity index (χ4v) is 4.86. The van der Waals surface area contributed by atoms with Crippen molar-refractivity contribution in [3.8, 4) is 0 Å². The minimum atomic E-state index is -3.53. The Kier molecular flexibility index (Phi) is 7.00. The predicted molar refractivity (Wildman–Crippen MR) is 105 cm³/mol. The molecule has 7 nitrogen and oxygen atoms in total. The molecule has 8 heteroatoms. The number of sulfonamides is 1. The van der Waals surface area contributed by atoms with Gasteiger partial charge in [0, 0.05) is 31.7 Å². The molecule has 1 unspecified atom stereocenters. The fourth-order valence-electron chi connectivity index (χ4n) is 3.41. The number of carbonyl (C=O) groups excluding carboxylic acids is 2. The van der Waals surface area contributed by atoms with Gasteiger partial charge in [0.2, 0.25) is 21.8 Å². The van der Waals surface area contributed by atoms with Crippen molar-refractivity contribution in [3.05, 3.63) is 24.3 Å². The van der Waals surface area contributed by atoms with Crippen LogP contribution in [0, 0.1) is 5.92 Å². The Bertz CT molecular complexity index is 771. The molecular weight excluding hydrogens is 366 g/mol. The summed E-state index contributed by atoms with van der Waals surface area (Å²) in [6.45, 7) is 8.80. The summed E-state index contributed by atoms with van der Waals surface area (Å²) in [5.41, 5.74) is 0.510. The van der Waals surface area contributed by atoms with Crippen molar-refractivity contribution in [2.24, 2.45) is 5.92 Å². The second-order valence-electron chi connectivity index (χ2n) is 6.98. The Balaban J connectivity index is 2.15. The van der Waals surface area contributed by atoms with Crippen LogP contribution >= 0.6 is 0 Å². The zero-order valence-electron chi connectivity index (χ0n) is 16.4. The normalized spacial score (nSPS) is 16.2. The topological polar surface area (TPSA) is 86.8 Å². The van der Waals surface area contributed by atoms with Gasteiger partial charge in [-0.2, -0.15) is 4.31 Å². The van der Waals surface area contributed by atoms with Crippen LogP contribution in [0.25, 0.3) is 0 Å².